The van der Waals surface area contributed by atoms with Gasteiger partial charge in [0.25, 0.3) is 5.92 Å². The summed E-state index contributed by atoms with van der Waals surface area (Å²) in [6, 6.07) is 0. The third kappa shape index (κ3) is 2.10. The molecule has 1 aliphatic heterocycles. The number of nitrogens with zero attached hydrogens (tertiary/aromatic N) is 1. The van der Waals surface area contributed by atoms with Crippen LogP contribution in [0.2, 0.25) is 0 Å². The fourth-order valence-corrected chi connectivity index (χ4v) is 2.14. The average Bonchev–Trinajstić information content (AvgIpc) is 2.09. The molecule has 7 heteroatoms. The van der Waals surface area contributed by atoms with E-state index < -0.39 is 28.6 Å². The first-order valence-corrected chi connectivity index (χ1v) is 5.48. The lowest BCUT2D eigenvalue weighted by Gasteiger charge is -2.34. The van der Waals surface area contributed by atoms with Gasteiger partial charge >= 0.3 is 0 Å². The molecule has 1 atom stereocenters. The monoisotopic (exact) mass is 227 g/mol. The summed E-state index contributed by atoms with van der Waals surface area (Å²) in [6.07, 6.45) is -2.03. The Labute approximate surface area is 80.9 Å². The molecule has 14 heavy (non-hydrogen) atoms. The van der Waals surface area contributed by atoms with Gasteiger partial charge in [0, 0.05) is 12.0 Å². The maximum absolute atomic E-state index is 12.9. The number of rotatable bonds is 2. The third-order valence-corrected chi connectivity index (χ3v) is 3.55. The van der Waals surface area contributed by atoms with Crippen LogP contribution in [0.3, 0.4) is 0 Å². The van der Waals surface area contributed by atoms with Crippen LogP contribution < -0.4 is 0 Å². The smallest absolute Gasteiger partial charge is 0.286 e. The van der Waals surface area contributed by atoms with Gasteiger partial charge in [0.1, 0.15) is 6.10 Å². The van der Waals surface area contributed by atoms with Gasteiger partial charge in [0.15, 0.2) is 0 Å². The lowest BCUT2D eigenvalue weighted by Crippen LogP contribution is -2.52. The van der Waals surface area contributed by atoms with Crippen LogP contribution in [0.4, 0.5) is 8.78 Å². The molecule has 1 heterocycles. The maximum atomic E-state index is 12.9. The van der Waals surface area contributed by atoms with Gasteiger partial charge < -0.3 is 5.11 Å². The number of halogens is 2. The first-order valence-electron chi connectivity index (χ1n) is 3.98. The number of aliphatic hydroxyl groups excluding tert-OH is 1. The van der Waals surface area contributed by atoms with Gasteiger partial charge in [-0.25, -0.2) is 17.2 Å². The predicted octanol–water partition coefficient (Wildman–Crippen LogP) is 0.162. The molecule has 0 radical (unpaired) electrons. The van der Waals surface area contributed by atoms with E-state index in [4.69, 9.17) is 5.11 Å². The molecule has 1 rings (SSSR count). The molecule has 1 aliphatic rings. The highest BCUT2D eigenvalue weighted by Gasteiger charge is 2.46. The van der Waals surface area contributed by atoms with Crippen LogP contribution in [-0.2, 0) is 10.0 Å². The Balaban J connectivity index is 2.84. The number of piperidine rings is 1. The Morgan fingerprint density at radius 3 is 2.57 bits per heavy atom. The van der Waals surface area contributed by atoms with Crippen LogP contribution in [0.15, 0.2) is 12.0 Å². The van der Waals surface area contributed by atoms with Crippen molar-refractivity contribution in [3.63, 3.8) is 0 Å². The Bertz CT molecular complexity index is 328. The Kier molecular flexibility index (Phi) is 2.93. The minimum absolute atomic E-state index is 0.106. The Morgan fingerprint density at radius 2 is 2.14 bits per heavy atom. The standard InChI is InChI=1S/C7H11F2NO3S/c1-2-14(12,13)10-4-3-6(11)7(8,9)5-10/h2,6,11H,1,3-5H2. The molecule has 0 spiro atoms. The van der Waals surface area contributed by atoms with E-state index in [1.807, 2.05) is 0 Å². The molecule has 0 saturated carbocycles. The molecule has 0 aliphatic carbocycles. The third-order valence-electron chi connectivity index (χ3n) is 2.10. The van der Waals surface area contributed by atoms with Gasteiger partial charge in [0.05, 0.1) is 6.54 Å². The van der Waals surface area contributed by atoms with E-state index in [2.05, 4.69) is 6.58 Å². The highest BCUT2D eigenvalue weighted by Crippen LogP contribution is 2.28. The number of hydrogen-bond donors (Lipinski definition) is 1. The van der Waals surface area contributed by atoms with E-state index in [9.17, 15) is 17.2 Å². The van der Waals surface area contributed by atoms with Crippen molar-refractivity contribution in [3.8, 4) is 0 Å². The van der Waals surface area contributed by atoms with Crippen LogP contribution >= 0.6 is 0 Å². The molecule has 0 aromatic carbocycles. The molecule has 1 saturated heterocycles. The number of sulfonamides is 1. The van der Waals surface area contributed by atoms with Gasteiger partial charge in [-0.1, -0.05) is 6.58 Å². The molecule has 82 valence electrons. The molecule has 1 N–H and O–H groups in total. The van der Waals surface area contributed by atoms with Gasteiger partial charge in [-0.15, -0.1) is 0 Å². The summed E-state index contributed by atoms with van der Waals surface area (Å²) in [5.41, 5.74) is 0. The summed E-state index contributed by atoms with van der Waals surface area (Å²) in [7, 11) is -3.81. The van der Waals surface area contributed by atoms with Crippen LogP contribution in [0.1, 0.15) is 6.42 Å². The SMILES string of the molecule is C=CS(=O)(=O)N1CCC(O)C(F)(F)C1. The van der Waals surface area contributed by atoms with Crippen molar-refractivity contribution in [2.75, 3.05) is 13.1 Å². The second-order valence-electron chi connectivity index (χ2n) is 3.11. The van der Waals surface area contributed by atoms with Crippen molar-refractivity contribution in [2.45, 2.75) is 18.4 Å². The fraction of sp³-hybridized carbons (Fsp3) is 0.714. The maximum Gasteiger partial charge on any atom is 0.286 e. The van der Waals surface area contributed by atoms with Crippen LogP contribution in [0, 0.1) is 0 Å². The van der Waals surface area contributed by atoms with E-state index in [1.54, 1.807) is 0 Å². The van der Waals surface area contributed by atoms with Gasteiger partial charge in [-0.3, -0.25) is 0 Å². The van der Waals surface area contributed by atoms with E-state index in [0.717, 1.165) is 0 Å². The van der Waals surface area contributed by atoms with Crippen molar-refractivity contribution in [3.05, 3.63) is 12.0 Å². The highest BCUT2D eigenvalue weighted by molar-refractivity contribution is 7.92. The summed E-state index contributed by atoms with van der Waals surface area (Å²) in [4.78, 5) is 0. The molecule has 0 bridgehead atoms. The second kappa shape index (κ2) is 3.56. The minimum Gasteiger partial charge on any atom is -0.387 e. The molecule has 1 unspecified atom stereocenters. The summed E-state index contributed by atoms with van der Waals surface area (Å²) in [5.74, 6) is -3.38. The van der Waals surface area contributed by atoms with Crippen molar-refractivity contribution in [1.29, 1.82) is 0 Å². The first-order chi connectivity index (χ1) is 6.29. The van der Waals surface area contributed by atoms with E-state index >= 15 is 0 Å². The first kappa shape index (κ1) is 11.5. The Morgan fingerprint density at radius 1 is 1.57 bits per heavy atom. The summed E-state index contributed by atoms with van der Waals surface area (Å²) < 4.78 is 48.7. The van der Waals surface area contributed by atoms with E-state index in [-0.39, 0.29) is 13.0 Å². The predicted molar refractivity (Wildman–Crippen MR) is 46.3 cm³/mol. The number of hydrogen-bond acceptors (Lipinski definition) is 3. The van der Waals surface area contributed by atoms with Gasteiger partial charge in [-0.2, -0.15) is 4.31 Å². The molecular weight excluding hydrogens is 216 g/mol. The molecule has 1 fully saturated rings. The van der Waals surface area contributed by atoms with Crippen molar-refractivity contribution in [1.82, 2.24) is 4.31 Å². The molecule has 0 amide bonds. The normalized spacial score (nSPS) is 28.6. The number of alkyl halides is 2. The Hall–Kier alpha value is -0.530. The second-order valence-corrected chi connectivity index (χ2v) is 4.99. The van der Waals surface area contributed by atoms with Crippen molar-refractivity contribution < 1.29 is 22.3 Å². The lowest BCUT2D eigenvalue weighted by molar-refractivity contribution is -0.136. The van der Waals surface area contributed by atoms with E-state index in [0.29, 0.717) is 9.71 Å². The molecule has 0 aromatic heterocycles. The van der Waals surface area contributed by atoms with Crippen molar-refractivity contribution in [2.24, 2.45) is 0 Å². The van der Waals surface area contributed by atoms with Crippen molar-refractivity contribution >= 4 is 10.0 Å². The number of aliphatic hydroxyl groups is 1. The zero-order valence-electron chi connectivity index (χ0n) is 7.36. The van der Waals surface area contributed by atoms with Crippen LogP contribution in [-0.4, -0.2) is 42.9 Å². The summed E-state index contributed by atoms with van der Waals surface area (Å²) in [5, 5.41) is 9.52. The quantitative estimate of drug-likeness (QED) is 0.731. The highest BCUT2D eigenvalue weighted by atomic mass is 32.2. The minimum atomic E-state index is -3.81. The molecule has 0 aromatic rings. The fourth-order valence-electron chi connectivity index (χ4n) is 1.22. The average molecular weight is 227 g/mol. The topological polar surface area (TPSA) is 57.6 Å². The lowest BCUT2D eigenvalue weighted by atomic mass is 10.1. The van der Waals surface area contributed by atoms with Gasteiger partial charge in [0.2, 0.25) is 10.0 Å². The van der Waals surface area contributed by atoms with Gasteiger partial charge in [-0.05, 0) is 6.42 Å². The zero-order valence-corrected chi connectivity index (χ0v) is 8.17. The van der Waals surface area contributed by atoms with Crippen LogP contribution in [0.25, 0.3) is 0 Å². The summed E-state index contributed by atoms with van der Waals surface area (Å²) >= 11 is 0. The largest absolute Gasteiger partial charge is 0.387 e. The molecular formula is C7H11F2NO3S. The van der Waals surface area contributed by atoms with E-state index in [1.165, 1.54) is 0 Å². The zero-order chi connectivity index (χ0) is 11.0. The summed E-state index contributed by atoms with van der Waals surface area (Å²) in [6.45, 7) is 1.95. The van der Waals surface area contributed by atoms with Crippen LogP contribution in [0.5, 0.6) is 0 Å². The molecule has 4 nitrogen and oxygen atoms in total.